The molecule has 0 bridgehead atoms. The number of nitrogens with one attached hydrogen (secondary N) is 1. The van der Waals surface area contributed by atoms with Crippen LogP contribution in [0.25, 0.3) is 0 Å². The predicted octanol–water partition coefficient (Wildman–Crippen LogP) is 4.08. The van der Waals surface area contributed by atoms with Crippen molar-refractivity contribution >= 4 is 5.69 Å². The molecule has 0 aliphatic heterocycles. The highest BCUT2D eigenvalue weighted by Gasteiger charge is 2.07. The molecule has 0 aliphatic rings. The fraction of sp³-hybridized carbons (Fsp3) is 0.667. The molecular formula is C18H32N2O. The lowest BCUT2D eigenvalue weighted by molar-refractivity contribution is 0.414. The highest BCUT2D eigenvalue weighted by molar-refractivity contribution is 5.49. The molecule has 0 unspecified atom stereocenters. The van der Waals surface area contributed by atoms with Crippen molar-refractivity contribution in [3.05, 3.63) is 24.3 Å². The van der Waals surface area contributed by atoms with Crippen LogP contribution in [0.15, 0.2) is 24.3 Å². The number of nitrogens with zero attached hydrogens (tertiary/aromatic N) is 1. The lowest BCUT2D eigenvalue weighted by Crippen LogP contribution is -2.36. The summed E-state index contributed by atoms with van der Waals surface area (Å²) in [5.41, 5.74) is 1.47. The molecule has 1 aromatic carbocycles. The molecule has 0 aliphatic carbocycles. The summed E-state index contributed by atoms with van der Waals surface area (Å²) in [5.74, 6) is 0.924. The second kappa shape index (κ2) is 8.93. The van der Waals surface area contributed by atoms with Crippen molar-refractivity contribution < 1.29 is 4.74 Å². The van der Waals surface area contributed by atoms with Gasteiger partial charge in [-0.05, 0) is 52.3 Å². The zero-order chi connectivity index (χ0) is 15.7. The number of unbranched alkanes of at least 4 members (excludes halogenated alkanes) is 3. The number of hydrogen-bond donors (Lipinski definition) is 1. The molecule has 0 amide bonds. The van der Waals surface area contributed by atoms with Gasteiger partial charge in [0.25, 0.3) is 0 Å². The summed E-state index contributed by atoms with van der Waals surface area (Å²) in [4.78, 5) is 2.30. The summed E-state index contributed by atoms with van der Waals surface area (Å²) in [6, 6.07) is 8.26. The van der Waals surface area contributed by atoms with Gasteiger partial charge in [-0.3, -0.25) is 0 Å². The summed E-state index contributed by atoms with van der Waals surface area (Å²) < 4.78 is 5.27. The van der Waals surface area contributed by atoms with Crippen LogP contribution in [0.3, 0.4) is 0 Å². The second-order valence-corrected chi connectivity index (χ2v) is 6.71. The molecule has 21 heavy (non-hydrogen) atoms. The molecule has 120 valence electrons. The molecule has 1 rings (SSSR count). The van der Waals surface area contributed by atoms with E-state index in [9.17, 15) is 0 Å². The third-order valence-electron chi connectivity index (χ3n) is 3.57. The van der Waals surface area contributed by atoms with Gasteiger partial charge in [0.05, 0.1) is 7.11 Å². The van der Waals surface area contributed by atoms with E-state index in [0.717, 1.165) is 18.8 Å². The minimum Gasteiger partial charge on any atom is -0.497 e. The molecule has 0 heterocycles. The lowest BCUT2D eigenvalue weighted by atomic mass is 10.1. The molecular weight excluding hydrogens is 260 g/mol. The first-order valence-electron chi connectivity index (χ1n) is 8.02. The van der Waals surface area contributed by atoms with Crippen molar-refractivity contribution in [2.75, 3.05) is 32.1 Å². The minimum atomic E-state index is 0.243. The molecule has 0 saturated heterocycles. The Morgan fingerprint density at radius 2 is 1.81 bits per heavy atom. The zero-order valence-corrected chi connectivity index (χ0v) is 14.4. The van der Waals surface area contributed by atoms with Crippen LogP contribution in [-0.4, -0.2) is 32.8 Å². The zero-order valence-electron chi connectivity index (χ0n) is 14.4. The topological polar surface area (TPSA) is 24.5 Å². The van der Waals surface area contributed by atoms with E-state index >= 15 is 0 Å². The van der Waals surface area contributed by atoms with E-state index in [0.29, 0.717) is 0 Å². The Morgan fingerprint density at radius 3 is 2.48 bits per heavy atom. The van der Waals surface area contributed by atoms with Crippen molar-refractivity contribution in [2.45, 2.75) is 52.0 Å². The molecule has 0 spiro atoms. The number of methoxy groups -OCH3 is 1. The van der Waals surface area contributed by atoms with E-state index in [1.807, 2.05) is 12.1 Å². The standard InChI is InChI=1S/C18H32N2O/c1-18(2,3)19-13-8-6-7-9-14-20(4)16-11-10-12-17(15-16)21-5/h10-12,15,19H,6-9,13-14H2,1-5H3. The van der Waals surface area contributed by atoms with Gasteiger partial charge >= 0.3 is 0 Å². The molecule has 1 N–H and O–H groups in total. The van der Waals surface area contributed by atoms with Crippen LogP contribution in [-0.2, 0) is 0 Å². The highest BCUT2D eigenvalue weighted by Crippen LogP contribution is 2.20. The Labute approximate surface area is 130 Å². The summed E-state index contributed by atoms with van der Waals surface area (Å²) in [5, 5.41) is 3.54. The van der Waals surface area contributed by atoms with Gasteiger partial charge in [-0.2, -0.15) is 0 Å². The van der Waals surface area contributed by atoms with Gasteiger partial charge in [-0.1, -0.05) is 18.9 Å². The molecule has 0 saturated carbocycles. The van der Waals surface area contributed by atoms with Gasteiger partial charge in [0.1, 0.15) is 5.75 Å². The van der Waals surface area contributed by atoms with E-state index in [1.165, 1.54) is 31.4 Å². The molecule has 0 fully saturated rings. The molecule has 0 radical (unpaired) electrons. The minimum absolute atomic E-state index is 0.243. The van der Waals surface area contributed by atoms with Gasteiger partial charge in [0.15, 0.2) is 0 Å². The maximum absolute atomic E-state index is 5.27. The van der Waals surface area contributed by atoms with Crippen molar-refractivity contribution in [1.29, 1.82) is 0 Å². The first kappa shape index (κ1) is 17.8. The van der Waals surface area contributed by atoms with Crippen LogP contribution in [0, 0.1) is 0 Å². The number of hydrogen-bond acceptors (Lipinski definition) is 3. The average Bonchev–Trinajstić information content (AvgIpc) is 2.45. The molecule has 3 nitrogen and oxygen atoms in total. The maximum Gasteiger partial charge on any atom is 0.120 e. The van der Waals surface area contributed by atoms with E-state index < -0.39 is 0 Å². The average molecular weight is 292 g/mol. The van der Waals surface area contributed by atoms with E-state index in [-0.39, 0.29) is 5.54 Å². The van der Waals surface area contributed by atoms with Gasteiger partial charge in [0.2, 0.25) is 0 Å². The first-order valence-corrected chi connectivity index (χ1v) is 8.02. The monoisotopic (exact) mass is 292 g/mol. The predicted molar refractivity (Wildman–Crippen MR) is 92.5 cm³/mol. The Bertz CT molecular complexity index is 398. The van der Waals surface area contributed by atoms with E-state index in [4.69, 9.17) is 4.74 Å². The summed E-state index contributed by atoms with van der Waals surface area (Å²) in [6.45, 7) is 8.87. The third kappa shape index (κ3) is 7.96. The van der Waals surface area contributed by atoms with Gasteiger partial charge in [-0.25, -0.2) is 0 Å². The van der Waals surface area contributed by atoms with Crippen LogP contribution in [0.5, 0.6) is 5.75 Å². The fourth-order valence-corrected chi connectivity index (χ4v) is 2.27. The van der Waals surface area contributed by atoms with E-state index in [2.05, 4.69) is 50.2 Å². The number of anilines is 1. The largest absolute Gasteiger partial charge is 0.497 e. The van der Waals surface area contributed by atoms with Crippen molar-refractivity contribution in [1.82, 2.24) is 5.32 Å². The third-order valence-corrected chi connectivity index (χ3v) is 3.57. The smallest absolute Gasteiger partial charge is 0.120 e. The normalized spacial score (nSPS) is 11.5. The Hall–Kier alpha value is -1.22. The van der Waals surface area contributed by atoms with E-state index in [1.54, 1.807) is 7.11 Å². The number of benzene rings is 1. The summed E-state index contributed by atoms with van der Waals surface area (Å²) in [6.07, 6.45) is 5.10. The molecule has 0 aromatic heterocycles. The SMILES string of the molecule is COc1cccc(N(C)CCCCCCNC(C)(C)C)c1. The maximum atomic E-state index is 5.27. The van der Waals surface area contributed by atoms with Crippen LogP contribution >= 0.6 is 0 Å². The first-order chi connectivity index (χ1) is 9.92. The van der Waals surface area contributed by atoms with Crippen LogP contribution < -0.4 is 15.0 Å². The van der Waals surface area contributed by atoms with Gasteiger partial charge < -0.3 is 15.0 Å². The molecule has 1 aromatic rings. The highest BCUT2D eigenvalue weighted by atomic mass is 16.5. The van der Waals surface area contributed by atoms with Crippen molar-refractivity contribution in [3.63, 3.8) is 0 Å². The number of ether oxygens (including phenoxy) is 1. The fourth-order valence-electron chi connectivity index (χ4n) is 2.27. The Morgan fingerprint density at radius 1 is 1.10 bits per heavy atom. The lowest BCUT2D eigenvalue weighted by Gasteiger charge is -2.21. The van der Waals surface area contributed by atoms with Crippen molar-refractivity contribution in [2.24, 2.45) is 0 Å². The molecule has 3 heteroatoms. The molecule has 0 atom stereocenters. The van der Waals surface area contributed by atoms with Gasteiger partial charge in [0, 0.05) is 30.9 Å². The Kier molecular flexibility index (Phi) is 7.58. The summed E-state index contributed by atoms with van der Waals surface area (Å²) in [7, 11) is 3.86. The van der Waals surface area contributed by atoms with Crippen LogP contribution in [0.2, 0.25) is 0 Å². The number of rotatable bonds is 9. The second-order valence-electron chi connectivity index (χ2n) is 6.71. The summed E-state index contributed by atoms with van der Waals surface area (Å²) >= 11 is 0. The van der Waals surface area contributed by atoms with Gasteiger partial charge in [-0.15, -0.1) is 0 Å². The van der Waals surface area contributed by atoms with Crippen LogP contribution in [0.1, 0.15) is 46.5 Å². The van der Waals surface area contributed by atoms with Crippen LogP contribution in [0.4, 0.5) is 5.69 Å². The Balaban J connectivity index is 2.14. The quantitative estimate of drug-likeness (QED) is 0.694. The van der Waals surface area contributed by atoms with Crippen molar-refractivity contribution in [3.8, 4) is 5.75 Å².